The number of nitrogens with zero attached hydrogens (tertiary/aromatic N) is 1. The van der Waals surface area contributed by atoms with E-state index in [-0.39, 0.29) is 5.78 Å². The molecule has 0 radical (unpaired) electrons. The Labute approximate surface area is 130 Å². The summed E-state index contributed by atoms with van der Waals surface area (Å²) in [7, 11) is 1.93. The van der Waals surface area contributed by atoms with E-state index in [0.717, 1.165) is 0 Å². The Morgan fingerprint density at radius 1 is 1.43 bits per heavy atom. The second-order valence-corrected chi connectivity index (χ2v) is 6.19. The van der Waals surface area contributed by atoms with Gasteiger partial charge >= 0.3 is 0 Å². The molecule has 1 aliphatic heterocycles. The molecule has 0 aliphatic carbocycles. The van der Waals surface area contributed by atoms with Crippen molar-refractivity contribution in [3.8, 4) is 0 Å². The summed E-state index contributed by atoms with van der Waals surface area (Å²) in [6, 6.07) is 7.01. The van der Waals surface area contributed by atoms with Crippen molar-refractivity contribution in [1.82, 2.24) is 4.90 Å². The van der Waals surface area contributed by atoms with Gasteiger partial charge in [0.05, 0.1) is 5.60 Å². The highest BCUT2D eigenvalue weighted by Gasteiger charge is 2.30. The van der Waals surface area contributed by atoms with Gasteiger partial charge in [0.25, 0.3) is 0 Å². The molecule has 1 aliphatic rings. The van der Waals surface area contributed by atoms with Crippen LogP contribution in [0.2, 0.25) is 5.02 Å². The number of likely N-dealkylation sites (N-methyl/N-ethyl adjacent to an activating group) is 1. The Balaban J connectivity index is 1.80. The Morgan fingerprint density at radius 2 is 2.14 bits per heavy atom. The fraction of sp³-hybridized carbons (Fsp3) is 0.562. The van der Waals surface area contributed by atoms with Crippen LogP contribution in [0.25, 0.3) is 0 Å². The molecular formula is C16H22ClNO3. The lowest BCUT2D eigenvalue weighted by Gasteiger charge is -2.35. The molecule has 1 fully saturated rings. The van der Waals surface area contributed by atoms with Crippen LogP contribution >= 0.6 is 11.6 Å². The number of ether oxygens (including phenoxy) is 1. The van der Waals surface area contributed by atoms with Crippen LogP contribution in [0.3, 0.4) is 0 Å². The smallest absolute Gasteiger partial charge is 0.164 e. The Morgan fingerprint density at radius 3 is 2.81 bits per heavy atom. The minimum atomic E-state index is -0.688. The number of rotatable bonds is 6. The maximum atomic E-state index is 12.1. The molecule has 4 nitrogen and oxygen atoms in total. The number of hydrogen-bond donors (Lipinski definition) is 1. The van der Waals surface area contributed by atoms with Crippen molar-refractivity contribution >= 4 is 17.4 Å². The van der Waals surface area contributed by atoms with Crippen LogP contribution in [-0.2, 0) is 4.74 Å². The van der Waals surface area contributed by atoms with Gasteiger partial charge in [-0.1, -0.05) is 23.7 Å². The van der Waals surface area contributed by atoms with Crippen molar-refractivity contribution in [3.05, 3.63) is 34.9 Å². The first-order chi connectivity index (χ1) is 9.98. The van der Waals surface area contributed by atoms with Crippen LogP contribution in [-0.4, -0.2) is 54.7 Å². The molecular weight excluding hydrogens is 290 g/mol. The van der Waals surface area contributed by atoms with Gasteiger partial charge in [-0.2, -0.15) is 0 Å². The SMILES string of the molecule is CN(CCC(=O)c1cccc(Cl)c1)CC1(O)CCOCC1. The molecule has 1 aromatic rings. The summed E-state index contributed by atoms with van der Waals surface area (Å²) in [5, 5.41) is 11.0. The summed E-state index contributed by atoms with van der Waals surface area (Å²) in [5.74, 6) is 0.0725. The Bertz CT molecular complexity index is 486. The molecule has 0 atom stereocenters. The van der Waals surface area contributed by atoms with E-state index in [1.165, 1.54) is 0 Å². The zero-order valence-corrected chi connectivity index (χ0v) is 13.1. The number of ketones is 1. The van der Waals surface area contributed by atoms with Crippen molar-refractivity contribution in [2.75, 3.05) is 33.4 Å². The molecule has 2 rings (SSSR count). The van der Waals surface area contributed by atoms with Gasteiger partial charge in [-0.3, -0.25) is 4.79 Å². The van der Waals surface area contributed by atoms with Gasteiger partial charge in [0.2, 0.25) is 0 Å². The highest BCUT2D eigenvalue weighted by atomic mass is 35.5. The molecule has 0 aromatic heterocycles. The summed E-state index contributed by atoms with van der Waals surface area (Å²) >= 11 is 5.89. The highest BCUT2D eigenvalue weighted by Crippen LogP contribution is 2.21. The lowest BCUT2D eigenvalue weighted by atomic mass is 9.94. The number of halogens is 1. The van der Waals surface area contributed by atoms with Gasteiger partial charge in [0.1, 0.15) is 0 Å². The first-order valence-electron chi connectivity index (χ1n) is 7.26. The number of aliphatic hydroxyl groups is 1. The topological polar surface area (TPSA) is 49.8 Å². The largest absolute Gasteiger partial charge is 0.388 e. The van der Waals surface area contributed by atoms with Crippen molar-refractivity contribution in [2.24, 2.45) is 0 Å². The second kappa shape index (κ2) is 7.36. The number of Topliss-reactive ketones (excluding diaryl/α,β-unsaturated/α-hetero) is 1. The minimum absolute atomic E-state index is 0.0725. The molecule has 0 unspecified atom stereocenters. The molecule has 1 aromatic carbocycles. The van der Waals surface area contributed by atoms with Gasteiger partial charge in [0, 0.05) is 56.2 Å². The van der Waals surface area contributed by atoms with E-state index in [2.05, 4.69) is 0 Å². The third kappa shape index (κ3) is 5.08. The van der Waals surface area contributed by atoms with Gasteiger partial charge < -0.3 is 14.7 Å². The lowest BCUT2D eigenvalue weighted by molar-refractivity contribution is -0.0767. The summed E-state index contributed by atoms with van der Waals surface area (Å²) in [6.45, 7) is 2.39. The van der Waals surface area contributed by atoms with Gasteiger partial charge in [-0.25, -0.2) is 0 Å². The summed E-state index contributed by atoms with van der Waals surface area (Å²) in [4.78, 5) is 14.1. The van der Waals surface area contributed by atoms with E-state index in [9.17, 15) is 9.90 Å². The standard InChI is InChI=1S/C16H22ClNO3/c1-18(12-16(20)6-9-21-10-7-16)8-5-15(19)13-3-2-4-14(17)11-13/h2-4,11,20H,5-10,12H2,1H3. The number of hydrogen-bond acceptors (Lipinski definition) is 4. The van der Waals surface area contributed by atoms with E-state index in [1.54, 1.807) is 24.3 Å². The van der Waals surface area contributed by atoms with E-state index >= 15 is 0 Å². The van der Waals surface area contributed by atoms with Crippen LogP contribution in [0.15, 0.2) is 24.3 Å². The van der Waals surface area contributed by atoms with Gasteiger partial charge in [-0.15, -0.1) is 0 Å². The molecule has 21 heavy (non-hydrogen) atoms. The predicted octanol–water partition coefficient (Wildman–Crippen LogP) is 2.39. The van der Waals surface area contributed by atoms with Crippen molar-refractivity contribution in [3.63, 3.8) is 0 Å². The Hall–Kier alpha value is -0.940. The zero-order valence-electron chi connectivity index (χ0n) is 12.3. The van der Waals surface area contributed by atoms with Crippen LogP contribution in [0.4, 0.5) is 0 Å². The molecule has 0 bridgehead atoms. The second-order valence-electron chi connectivity index (χ2n) is 5.76. The van der Waals surface area contributed by atoms with E-state index < -0.39 is 5.60 Å². The van der Waals surface area contributed by atoms with Crippen LogP contribution < -0.4 is 0 Å². The molecule has 1 saturated heterocycles. The monoisotopic (exact) mass is 311 g/mol. The first-order valence-corrected chi connectivity index (χ1v) is 7.64. The quantitative estimate of drug-likeness (QED) is 0.820. The van der Waals surface area contributed by atoms with E-state index in [4.69, 9.17) is 16.3 Å². The van der Waals surface area contributed by atoms with Crippen molar-refractivity contribution < 1.29 is 14.6 Å². The third-order valence-corrected chi connectivity index (χ3v) is 4.09. The normalized spacial score (nSPS) is 17.9. The minimum Gasteiger partial charge on any atom is -0.388 e. The van der Waals surface area contributed by atoms with Crippen LogP contribution in [0.1, 0.15) is 29.6 Å². The maximum Gasteiger partial charge on any atom is 0.164 e. The Kier molecular flexibility index (Phi) is 5.76. The summed E-state index contributed by atoms with van der Waals surface area (Å²) in [6.07, 6.45) is 1.72. The molecule has 0 saturated carbocycles. The third-order valence-electron chi connectivity index (χ3n) is 3.85. The zero-order chi connectivity index (χ0) is 15.3. The average molecular weight is 312 g/mol. The maximum absolute atomic E-state index is 12.1. The number of carbonyl (C=O) groups is 1. The molecule has 5 heteroatoms. The molecule has 0 spiro atoms. The summed E-state index contributed by atoms with van der Waals surface area (Å²) in [5.41, 5.74) is -0.0489. The fourth-order valence-electron chi connectivity index (χ4n) is 2.59. The van der Waals surface area contributed by atoms with Crippen molar-refractivity contribution in [1.29, 1.82) is 0 Å². The number of benzene rings is 1. The average Bonchev–Trinajstić information content (AvgIpc) is 2.45. The first kappa shape index (κ1) is 16.4. The van der Waals surface area contributed by atoms with E-state index in [1.807, 2.05) is 11.9 Å². The lowest BCUT2D eigenvalue weighted by Crippen LogP contribution is -2.46. The molecule has 1 N–H and O–H groups in total. The van der Waals surface area contributed by atoms with Gasteiger partial charge in [-0.05, 0) is 19.2 Å². The predicted molar refractivity (Wildman–Crippen MR) is 82.9 cm³/mol. The van der Waals surface area contributed by atoms with Crippen LogP contribution in [0.5, 0.6) is 0 Å². The summed E-state index contributed by atoms with van der Waals surface area (Å²) < 4.78 is 5.27. The fourth-order valence-corrected chi connectivity index (χ4v) is 2.78. The van der Waals surface area contributed by atoms with Crippen molar-refractivity contribution in [2.45, 2.75) is 24.9 Å². The molecule has 0 amide bonds. The van der Waals surface area contributed by atoms with Gasteiger partial charge in [0.15, 0.2) is 5.78 Å². The molecule has 1 heterocycles. The van der Waals surface area contributed by atoms with E-state index in [0.29, 0.717) is 56.2 Å². The van der Waals surface area contributed by atoms with Crippen LogP contribution in [0, 0.1) is 0 Å². The number of carbonyl (C=O) groups excluding carboxylic acids is 1. The molecule has 116 valence electrons. The highest BCUT2D eigenvalue weighted by molar-refractivity contribution is 6.31.